The highest BCUT2D eigenvalue weighted by Gasteiger charge is 2.37. The van der Waals surface area contributed by atoms with Crippen LogP contribution in [0.4, 0.5) is 18.9 Å². The molecule has 1 aromatic heterocycles. The molecule has 8 nitrogen and oxygen atoms in total. The zero-order valence-electron chi connectivity index (χ0n) is 15.9. The number of alkyl halides is 3. The van der Waals surface area contributed by atoms with Crippen LogP contribution >= 0.6 is 11.8 Å². The molecular weight excluding hydrogens is 431 g/mol. The summed E-state index contributed by atoms with van der Waals surface area (Å²) in [6.07, 6.45) is -4.63. The molecule has 0 saturated heterocycles. The summed E-state index contributed by atoms with van der Waals surface area (Å²) in [5.74, 6) is -1.82. The maximum Gasteiger partial charge on any atom is 0.451 e. The van der Waals surface area contributed by atoms with E-state index >= 15 is 0 Å². The number of carbonyl (C=O) groups excluding carboxylic acids is 1. The van der Waals surface area contributed by atoms with Crippen LogP contribution in [0.2, 0.25) is 0 Å². The summed E-state index contributed by atoms with van der Waals surface area (Å²) >= 11 is 0.803. The number of hydrogen-bond donors (Lipinski definition) is 1. The minimum Gasteiger partial charge on any atom is -0.325 e. The van der Waals surface area contributed by atoms with Gasteiger partial charge in [-0.15, -0.1) is 10.2 Å². The number of rotatable bonds is 8. The zero-order valence-corrected chi connectivity index (χ0v) is 17.5. The number of nitrogens with zero attached hydrogens (tertiary/aromatic N) is 4. The number of amides is 1. The second kappa shape index (κ2) is 9.13. The number of sulfonamides is 1. The molecule has 0 radical (unpaired) electrons. The van der Waals surface area contributed by atoms with E-state index in [0.29, 0.717) is 18.8 Å². The van der Waals surface area contributed by atoms with E-state index in [0.717, 1.165) is 23.4 Å². The first kappa shape index (κ1) is 23.2. The topological polar surface area (TPSA) is 97.2 Å². The molecule has 1 N–H and O–H groups in total. The first-order valence-electron chi connectivity index (χ1n) is 8.50. The largest absolute Gasteiger partial charge is 0.451 e. The molecule has 0 aliphatic rings. The molecule has 29 heavy (non-hydrogen) atoms. The van der Waals surface area contributed by atoms with E-state index in [2.05, 4.69) is 15.5 Å². The lowest BCUT2D eigenvalue weighted by molar-refractivity contribution is -0.147. The third-order valence-electron chi connectivity index (χ3n) is 3.90. The second-order valence-corrected chi connectivity index (χ2v) is 8.69. The summed E-state index contributed by atoms with van der Waals surface area (Å²) < 4.78 is 65.1. The maximum absolute atomic E-state index is 12.7. The van der Waals surface area contributed by atoms with Crippen molar-refractivity contribution in [1.82, 2.24) is 19.1 Å². The number of nitrogens with one attached hydrogen (secondary N) is 1. The summed E-state index contributed by atoms with van der Waals surface area (Å²) in [7, 11) is -2.44. The van der Waals surface area contributed by atoms with Gasteiger partial charge in [0.15, 0.2) is 5.16 Å². The fourth-order valence-electron chi connectivity index (χ4n) is 2.44. The first-order valence-corrected chi connectivity index (χ1v) is 10.9. The number of benzene rings is 1. The predicted octanol–water partition coefficient (Wildman–Crippen LogP) is 2.60. The normalized spacial score (nSPS) is 12.4. The molecule has 0 unspecified atom stereocenters. The highest BCUT2D eigenvalue weighted by atomic mass is 32.2. The molecule has 0 bridgehead atoms. The molecule has 2 rings (SSSR count). The average molecular weight is 451 g/mol. The summed E-state index contributed by atoms with van der Waals surface area (Å²) in [6.45, 7) is 4.16. The molecule has 13 heteroatoms. The summed E-state index contributed by atoms with van der Waals surface area (Å²) in [5, 5.41) is 9.03. The molecular formula is C16H20F3N5O3S2. The first-order chi connectivity index (χ1) is 13.5. The van der Waals surface area contributed by atoms with Gasteiger partial charge in [-0.2, -0.15) is 17.5 Å². The molecule has 0 aliphatic heterocycles. The van der Waals surface area contributed by atoms with Crippen molar-refractivity contribution in [3.8, 4) is 0 Å². The van der Waals surface area contributed by atoms with Crippen LogP contribution < -0.4 is 5.32 Å². The van der Waals surface area contributed by atoms with Crippen molar-refractivity contribution in [1.29, 1.82) is 0 Å². The standard InChI is InChI=1S/C16H20F3N5O3S2/c1-4-24(5-2)29(26,27)12-8-6-11(7-9-12)20-13(25)10-28-15-22-21-14(23(15)3)16(17,18)19/h6-9H,4-5,10H2,1-3H3,(H,20,25). The Morgan fingerprint density at radius 2 is 1.76 bits per heavy atom. The number of carbonyl (C=O) groups is 1. The molecule has 1 heterocycles. The van der Waals surface area contributed by atoms with Crippen molar-refractivity contribution >= 4 is 33.4 Å². The third kappa shape index (κ3) is 5.48. The van der Waals surface area contributed by atoms with E-state index in [4.69, 9.17) is 0 Å². The van der Waals surface area contributed by atoms with Crippen molar-refractivity contribution in [2.45, 2.75) is 30.1 Å². The molecule has 0 aliphatic carbocycles. The summed E-state index contributed by atoms with van der Waals surface area (Å²) in [6, 6.07) is 5.66. The Bertz CT molecular complexity index is 955. The van der Waals surface area contributed by atoms with E-state index in [1.165, 1.54) is 28.6 Å². The molecule has 0 fully saturated rings. The summed E-state index contributed by atoms with van der Waals surface area (Å²) in [4.78, 5) is 12.1. The molecule has 1 amide bonds. The van der Waals surface area contributed by atoms with Gasteiger partial charge in [0.05, 0.1) is 10.6 Å². The Hall–Kier alpha value is -2.12. The number of hydrogen-bond acceptors (Lipinski definition) is 6. The fraction of sp³-hybridized carbons (Fsp3) is 0.438. The Morgan fingerprint density at radius 3 is 2.24 bits per heavy atom. The van der Waals surface area contributed by atoms with Crippen molar-refractivity contribution in [3.05, 3.63) is 30.1 Å². The lowest BCUT2D eigenvalue weighted by atomic mass is 10.3. The van der Waals surface area contributed by atoms with Crippen LogP contribution in [0.3, 0.4) is 0 Å². The monoisotopic (exact) mass is 451 g/mol. The Morgan fingerprint density at radius 1 is 1.17 bits per heavy atom. The van der Waals surface area contributed by atoms with Gasteiger partial charge in [-0.05, 0) is 24.3 Å². The minimum absolute atomic E-state index is 0.0480. The van der Waals surface area contributed by atoms with E-state index in [-0.39, 0.29) is 15.8 Å². The van der Waals surface area contributed by atoms with E-state index < -0.39 is 27.9 Å². The zero-order chi connectivity index (χ0) is 21.8. The Kier molecular flexibility index (Phi) is 7.30. The lowest BCUT2D eigenvalue weighted by Gasteiger charge is -2.18. The number of halogens is 3. The van der Waals surface area contributed by atoms with Gasteiger partial charge in [-0.25, -0.2) is 8.42 Å². The number of anilines is 1. The Balaban J connectivity index is 1.99. The van der Waals surface area contributed by atoms with Crippen LogP contribution in [0.5, 0.6) is 0 Å². The highest BCUT2D eigenvalue weighted by Crippen LogP contribution is 2.29. The van der Waals surface area contributed by atoms with Gasteiger partial charge in [-0.3, -0.25) is 4.79 Å². The van der Waals surface area contributed by atoms with Crippen LogP contribution in [-0.2, 0) is 28.0 Å². The van der Waals surface area contributed by atoms with Crippen molar-refractivity contribution < 1.29 is 26.4 Å². The molecule has 0 saturated carbocycles. The van der Waals surface area contributed by atoms with Gasteiger partial charge < -0.3 is 9.88 Å². The predicted molar refractivity (Wildman–Crippen MR) is 102 cm³/mol. The van der Waals surface area contributed by atoms with Crippen LogP contribution in [-0.4, -0.2) is 52.2 Å². The van der Waals surface area contributed by atoms with Gasteiger partial charge in [0.2, 0.25) is 21.8 Å². The van der Waals surface area contributed by atoms with Gasteiger partial charge in [0.1, 0.15) is 0 Å². The van der Waals surface area contributed by atoms with E-state index in [1.54, 1.807) is 13.8 Å². The second-order valence-electron chi connectivity index (χ2n) is 5.81. The van der Waals surface area contributed by atoms with Gasteiger partial charge in [0, 0.05) is 25.8 Å². The highest BCUT2D eigenvalue weighted by molar-refractivity contribution is 7.99. The molecule has 1 aromatic carbocycles. The van der Waals surface area contributed by atoms with E-state index in [9.17, 15) is 26.4 Å². The van der Waals surface area contributed by atoms with Gasteiger partial charge in [0.25, 0.3) is 0 Å². The fourth-order valence-corrected chi connectivity index (χ4v) is 4.61. The average Bonchev–Trinajstić information content (AvgIpc) is 3.02. The minimum atomic E-state index is -4.63. The van der Waals surface area contributed by atoms with Crippen LogP contribution in [0.1, 0.15) is 19.7 Å². The molecule has 2 aromatic rings. The molecule has 0 spiro atoms. The SMILES string of the molecule is CCN(CC)S(=O)(=O)c1ccc(NC(=O)CSc2nnc(C(F)(F)F)n2C)cc1. The van der Waals surface area contributed by atoms with Crippen LogP contribution in [0.15, 0.2) is 34.3 Å². The number of thioether (sulfide) groups is 1. The molecule has 160 valence electrons. The van der Waals surface area contributed by atoms with E-state index in [1.807, 2.05) is 0 Å². The smallest absolute Gasteiger partial charge is 0.325 e. The maximum atomic E-state index is 12.7. The number of aromatic nitrogens is 3. The quantitative estimate of drug-likeness (QED) is 0.620. The lowest BCUT2D eigenvalue weighted by Crippen LogP contribution is -2.30. The summed E-state index contributed by atoms with van der Waals surface area (Å²) in [5.41, 5.74) is 0.364. The van der Waals surface area contributed by atoms with Crippen LogP contribution in [0, 0.1) is 0 Å². The van der Waals surface area contributed by atoms with Crippen molar-refractivity contribution in [2.75, 3.05) is 24.2 Å². The van der Waals surface area contributed by atoms with Gasteiger partial charge in [-0.1, -0.05) is 25.6 Å². The van der Waals surface area contributed by atoms with Crippen molar-refractivity contribution in [2.24, 2.45) is 7.05 Å². The third-order valence-corrected chi connectivity index (χ3v) is 6.99. The Labute approximate surface area is 170 Å². The van der Waals surface area contributed by atoms with Crippen LogP contribution in [0.25, 0.3) is 0 Å². The molecule has 0 atom stereocenters. The van der Waals surface area contributed by atoms with Crippen molar-refractivity contribution in [3.63, 3.8) is 0 Å². The van der Waals surface area contributed by atoms with Gasteiger partial charge >= 0.3 is 6.18 Å².